The van der Waals surface area contributed by atoms with Crippen LogP contribution in [0.4, 0.5) is 0 Å². The van der Waals surface area contributed by atoms with Crippen molar-refractivity contribution in [1.82, 2.24) is 5.32 Å². The molecule has 1 aromatic rings. The molecule has 108 valence electrons. The van der Waals surface area contributed by atoms with Gasteiger partial charge in [0.1, 0.15) is 0 Å². The highest BCUT2D eigenvalue weighted by atomic mass is 32.2. The molecule has 2 fully saturated rings. The molecule has 0 spiro atoms. The van der Waals surface area contributed by atoms with Crippen LogP contribution in [0.2, 0.25) is 0 Å². The van der Waals surface area contributed by atoms with Gasteiger partial charge >= 0.3 is 0 Å². The van der Waals surface area contributed by atoms with Gasteiger partial charge in [0.2, 0.25) is 10.0 Å². The molecule has 0 radical (unpaired) electrons. The Morgan fingerprint density at radius 2 is 2.00 bits per heavy atom. The maximum Gasteiger partial charge on any atom is 0.251 e. The van der Waals surface area contributed by atoms with Crippen LogP contribution in [0.25, 0.3) is 0 Å². The van der Waals surface area contributed by atoms with Crippen molar-refractivity contribution >= 4 is 15.9 Å². The second kappa shape index (κ2) is 4.83. The molecule has 1 saturated carbocycles. The number of hydrogen-bond donors (Lipinski definition) is 2. The smallest absolute Gasteiger partial charge is 0.251 e. The predicted octanol–water partition coefficient (Wildman–Crippen LogP) is 0.241. The average Bonchev–Trinajstić information content (AvgIpc) is 2.76. The molecule has 0 bridgehead atoms. The summed E-state index contributed by atoms with van der Waals surface area (Å²) in [6.07, 6.45) is 2.14. The molecule has 20 heavy (non-hydrogen) atoms. The highest BCUT2D eigenvalue weighted by molar-refractivity contribution is 7.89. The first kappa shape index (κ1) is 13.5. The van der Waals surface area contributed by atoms with Gasteiger partial charge < -0.3 is 10.1 Å². The number of sulfonamides is 1. The Hall–Kier alpha value is -1.44. The number of carbonyl (C=O) groups excluding carboxylic acids is 1. The Morgan fingerprint density at radius 1 is 1.30 bits per heavy atom. The summed E-state index contributed by atoms with van der Waals surface area (Å²) in [5, 5.41) is 7.97. The number of nitrogens with two attached hydrogens (primary N) is 1. The summed E-state index contributed by atoms with van der Waals surface area (Å²) in [5.41, 5.74) is 0.430. The van der Waals surface area contributed by atoms with Gasteiger partial charge in [0.25, 0.3) is 5.91 Å². The van der Waals surface area contributed by atoms with Gasteiger partial charge in [0.05, 0.1) is 11.0 Å². The lowest BCUT2D eigenvalue weighted by molar-refractivity contribution is 0.00810. The molecule has 0 unspecified atom stereocenters. The third-order valence-corrected chi connectivity index (χ3v) is 4.95. The monoisotopic (exact) mass is 296 g/mol. The van der Waals surface area contributed by atoms with Crippen LogP contribution in [0.5, 0.6) is 0 Å². The van der Waals surface area contributed by atoms with Crippen LogP contribution in [0.15, 0.2) is 29.2 Å². The second-order valence-electron chi connectivity index (χ2n) is 5.25. The number of benzene rings is 1. The molecule has 1 aliphatic carbocycles. The van der Waals surface area contributed by atoms with E-state index in [-0.39, 0.29) is 16.8 Å². The summed E-state index contributed by atoms with van der Waals surface area (Å²) in [4.78, 5) is 12.1. The molecule has 3 rings (SSSR count). The summed E-state index contributed by atoms with van der Waals surface area (Å²) < 4.78 is 27.8. The molecule has 1 aromatic carbocycles. The molecular formula is C13H16N2O4S. The van der Waals surface area contributed by atoms with Crippen molar-refractivity contribution in [3.05, 3.63) is 29.8 Å². The minimum atomic E-state index is -3.72. The number of hydrogen-bond acceptors (Lipinski definition) is 4. The first-order valence-electron chi connectivity index (χ1n) is 6.50. The van der Waals surface area contributed by atoms with Gasteiger partial charge in [-0.2, -0.15) is 0 Å². The van der Waals surface area contributed by atoms with E-state index in [1.165, 1.54) is 24.3 Å². The van der Waals surface area contributed by atoms with Crippen LogP contribution >= 0.6 is 0 Å². The van der Waals surface area contributed by atoms with Crippen molar-refractivity contribution in [3.63, 3.8) is 0 Å². The van der Waals surface area contributed by atoms with Crippen LogP contribution < -0.4 is 10.5 Å². The van der Waals surface area contributed by atoms with Gasteiger partial charge in [0, 0.05) is 24.1 Å². The van der Waals surface area contributed by atoms with Crippen LogP contribution in [-0.2, 0) is 14.8 Å². The number of amides is 1. The zero-order valence-electron chi connectivity index (χ0n) is 10.8. The summed E-state index contributed by atoms with van der Waals surface area (Å²) in [5.74, 6) is 0.226. The molecule has 2 aliphatic rings. The first-order chi connectivity index (χ1) is 9.45. The summed E-state index contributed by atoms with van der Waals surface area (Å²) >= 11 is 0. The van der Waals surface area contributed by atoms with E-state index in [1.54, 1.807) is 0 Å². The molecule has 1 heterocycles. The summed E-state index contributed by atoms with van der Waals surface area (Å²) in [7, 11) is -3.72. The molecule has 1 saturated heterocycles. The Balaban J connectivity index is 1.66. The molecule has 7 heteroatoms. The van der Waals surface area contributed by atoms with Gasteiger partial charge in [0.15, 0.2) is 0 Å². The first-order valence-corrected chi connectivity index (χ1v) is 8.05. The number of fused-ring (bicyclic) bond motifs is 1. The molecular weight excluding hydrogens is 280 g/mol. The fraction of sp³-hybridized carbons (Fsp3) is 0.462. The van der Waals surface area contributed by atoms with Crippen molar-refractivity contribution in [2.24, 2.45) is 11.1 Å². The zero-order valence-corrected chi connectivity index (χ0v) is 11.6. The lowest BCUT2D eigenvalue weighted by Crippen LogP contribution is -2.53. The number of nitrogens with one attached hydrogen (secondary N) is 1. The van der Waals surface area contributed by atoms with E-state index < -0.39 is 10.0 Å². The van der Waals surface area contributed by atoms with Crippen LogP contribution in [-0.4, -0.2) is 33.1 Å². The molecule has 1 aliphatic heterocycles. The van der Waals surface area contributed by atoms with E-state index in [4.69, 9.17) is 9.88 Å². The molecule has 3 atom stereocenters. The highest BCUT2D eigenvalue weighted by Gasteiger charge is 2.45. The summed E-state index contributed by atoms with van der Waals surface area (Å²) in [6, 6.07) is 5.78. The van der Waals surface area contributed by atoms with Crippen LogP contribution in [0, 0.1) is 5.92 Å². The summed E-state index contributed by atoms with van der Waals surface area (Å²) in [6.45, 7) is 0.769. The van der Waals surface area contributed by atoms with E-state index in [2.05, 4.69) is 5.32 Å². The van der Waals surface area contributed by atoms with Crippen LogP contribution in [0.1, 0.15) is 23.2 Å². The lowest BCUT2D eigenvalue weighted by atomic mass is 9.76. The van der Waals surface area contributed by atoms with Crippen molar-refractivity contribution in [3.8, 4) is 0 Å². The Bertz CT molecular complexity index is 626. The fourth-order valence-corrected chi connectivity index (χ4v) is 3.33. The van der Waals surface area contributed by atoms with E-state index in [9.17, 15) is 13.2 Å². The van der Waals surface area contributed by atoms with Gasteiger partial charge in [-0.1, -0.05) is 0 Å². The largest absolute Gasteiger partial charge is 0.378 e. The second-order valence-corrected chi connectivity index (χ2v) is 6.81. The molecule has 3 N–H and O–H groups in total. The van der Waals surface area contributed by atoms with Gasteiger partial charge in [-0.3, -0.25) is 4.79 Å². The van der Waals surface area contributed by atoms with Crippen molar-refractivity contribution in [2.45, 2.75) is 29.9 Å². The van der Waals surface area contributed by atoms with E-state index in [1.807, 2.05) is 0 Å². The fourth-order valence-electron chi connectivity index (χ4n) is 2.81. The Kier molecular flexibility index (Phi) is 3.27. The van der Waals surface area contributed by atoms with Gasteiger partial charge in [-0.15, -0.1) is 0 Å². The number of primary sulfonamides is 1. The van der Waals surface area contributed by atoms with Gasteiger partial charge in [-0.25, -0.2) is 13.6 Å². The SMILES string of the molecule is NS(=O)(=O)c1ccc(C(=O)N[C@H]2C[C@@H]3OCC[C@H]23)cc1. The van der Waals surface area contributed by atoms with E-state index in [0.717, 1.165) is 19.4 Å². The number of carbonyl (C=O) groups is 1. The number of rotatable bonds is 3. The quantitative estimate of drug-likeness (QED) is 0.834. The number of ether oxygens (including phenoxy) is 1. The topological polar surface area (TPSA) is 98.5 Å². The minimum Gasteiger partial charge on any atom is -0.378 e. The van der Waals surface area contributed by atoms with Crippen molar-refractivity contribution in [2.75, 3.05) is 6.61 Å². The average molecular weight is 296 g/mol. The third kappa shape index (κ3) is 2.44. The van der Waals surface area contributed by atoms with Gasteiger partial charge in [-0.05, 0) is 37.1 Å². The lowest BCUT2D eigenvalue weighted by Gasteiger charge is -2.39. The molecule has 1 amide bonds. The van der Waals surface area contributed by atoms with Crippen molar-refractivity contribution < 1.29 is 17.9 Å². The normalized spacial score (nSPS) is 28.6. The Labute approximate surface area is 117 Å². The predicted molar refractivity (Wildman–Crippen MR) is 71.5 cm³/mol. The maximum absolute atomic E-state index is 12.1. The Morgan fingerprint density at radius 3 is 2.60 bits per heavy atom. The standard InChI is InChI=1S/C13H16N2O4S/c14-20(17,18)9-3-1-8(2-4-9)13(16)15-11-7-12-10(11)5-6-19-12/h1-4,10-12H,5-7H2,(H,15,16)(H2,14,17,18)/t10-,11+,12+/m1/s1. The third-order valence-electron chi connectivity index (χ3n) is 4.03. The minimum absolute atomic E-state index is 0.00181. The molecule has 0 aromatic heterocycles. The van der Waals surface area contributed by atoms with E-state index >= 15 is 0 Å². The van der Waals surface area contributed by atoms with E-state index in [0.29, 0.717) is 17.6 Å². The van der Waals surface area contributed by atoms with Crippen molar-refractivity contribution in [1.29, 1.82) is 0 Å². The zero-order chi connectivity index (χ0) is 14.3. The highest BCUT2D eigenvalue weighted by Crippen LogP contribution is 2.38. The molecule has 6 nitrogen and oxygen atoms in total. The van der Waals surface area contributed by atoms with Crippen LogP contribution in [0.3, 0.4) is 0 Å². The maximum atomic E-state index is 12.1.